The Balaban J connectivity index is 3.43. The van der Waals surface area contributed by atoms with E-state index in [1.165, 1.54) is 12.1 Å². The second-order valence-corrected chi connectivity index (χ2v) is 4.30. The van der Waals surface area contributed by atoms with Crippen LogP contribution in [-0.2, 0) is 10.1 Å². The topological polar surface area (TPSA) is 97.5 Å². The molecule has 0 bridgehead atoms. The number of nitrogens with two attached hydrogens (primary N) is 1. The van der Waals surface area contributed by atoms with Gasteiger partial charge in [0.15, 0.2) is 0 Å². The SMILES string of the molecule is Cc1cc(C(N)=O)cc(S(=O)(=O)O)c1. The van der Waals surface area contributed by atoms with Gasteiger partial charge in [0.25, 0.3) is 10.1 Å². The molecule has 0 saturated heterocycles. The fraction of sp³-hybridized carbons (Fsp3) is 0.125. The Morgan fingerprint density at radius 3 is 2.36 bits per heavy atom. The molecule has 1 amide bonds. The van der Waals surface area contributed by atoms with E-state index in [4.69, 9.17) is 10.3 Å². The van der Waals surface area contributed by atoms with Gasteiger partial charge in [-0.2, -0.15) is 8.42 Å². The molecule has 0 aromatic heterocycles. The molecule has 0 aliphatic heterocycles. The average Bonchev–Trinajstić information content (AvgIpc) is 2.01. The number of carbonyl (C=O) groups excluding carboxylic acids is 1. The van der Waals surface area contributed by atoms with Crippen LogP contribution >= 0.6 is 0 Å². The van der Waals surface area contributed by atoms with Gasteiger partial charge in [0.05, 0.1) is 4.90 Å². The van der Waals surface area contributed by atoms with Crippen LogP contribution < -0.4 is 5.73 Å². The van der Waals surface area contributed by atoms with E-state index in [2.05, 4.69) is 0 Å². The zero-order valence-electron chi connectivity index (χ0n) is 7.39. The molecule has 0 heterocycles. The van der Waals surface area contributed by atoms with E-state index in [1.54, 1.807) is 6.92 Å². The van der Waals surface area contributed by atoms with Crippen LogP contribution in [-0.4, -0.2) is 18.9 Å². The minimum Gasteiger partial charge on any atom is -0.366 e. The molecule has 0 atom stereocenters. The van der Waals surface area contributed by atoms with Crippen LogP contribution in [0.5, 0.6) is 0 Å². The summed E-state index contributed by atoms with van der Waals surface area (Å²) < 4.78 is 30.3. The fourth-order valence-electron chi connectivity index (χ4n) is 1.04. The van der Waals surface area contributed by atoms with Crippen molar-refractivity contribution in [1.82, 2.24) is 0 Å². The van der Waals surface area contributed by atoms with Gasteiger partial charge in [-0.3, -0.25) is 9.35 Å². The normalized spacial score (nSPS) is 11.3. The number of aryl methyl sites for hydroxylation is 1. The lowest BCUT2D eigenvalue weighted by molar-refractivity contribution is 0.1000. The van der Waals surface area contributed by atoms with E-state index in [0.717, 1.165) is 6.07 Å². The molecule has 1 aromatic rings. The first-order chi connectivity index (χ1) is 6.30. The van der Waals surface area contributed by atoms with Gasteiger partial charge in [-0.15, -0.1) is 0 Å². The highest BCUT2D eigenvalue weighted by atomic mass is 32.2. The summed E-state index contributed by atoms with van der Waals surface area (Å²) >= 11 is 0. The molecule has 0 fully saturated rings. The lowest BCUT2D eigenvalue weighted by Gasteiger charge is -2.02. The highest BCUT2D eigenvalue weighted by molar-refractivity contribution is 7.85. The largest absolute Gasteiger partial charge is 0.366 e. The zero-order valence-corrected chi connectivity index (χ0v) is 8.21. The highest BCUT2D eigenvalue weighted by Crippen LogP contribution is 2.14. The molecule has 0 radical (unpaired) electrons. The first kappa shape index (κ1) is 10.7. The molecular weight excluding hydrogens is 206 g/mol. The Kier molecular flexibility index (Phi) is 2.59. The third-order valence-electron chi connectivity index (χ3n) is 1.63. The predicted octanol–water partition coefficient (Wildman–Crippen LogP) is 0.341. The third kappa shape index (κ3) is 2.30. The molecule has 0 aliphatic rings. The lowest BCUT2D eigenvalue weighted by Crippen LogP contribution is -2.12. The van der Waals surface area contributed by atoms with Crippen molar-refractivity contribution in [3.63, 3.8) is 0 Å². The Hall–Kier alpha value is -1.40. The molecule has 1 rings (SSSR count). The van der Waals surface area contributed by atoms with E-state index in [1.807, 2.05) is 0 Å². The van der Waals surface area contributed by atoms with Crippen molar-refractivity contribution in [1.29, 1.82) is 0 Å². The van der Waals surface area contributed by atoms with Crippen LogP contribution in [0.2, 0.25) is 0 Å². The van der Waals surface area contributed by atoms with E-state index in [9.17, 15) is 13.2 Å². The Morgan fingerprint density at radius 1 is 1.36 bits per heavy atom. The molecule has 0 unspecified atom stereocenters. The molecule has 0 aliphatic carbocycles. The molecule has 3 N–H and O–H groups in total. The van der Waals surface area contributed by atoms with Crippen LogP contribution in [0.4, 0.5) is 0 Å². The second-order valence-electron chi connectivity index (χ2n) is 2.87. The summed E-state index contributed by atoms with van der Waals surface area (Å²) in [6, 6.07) is 3.73. The number of hydrogen-bond acceptors (Lipinski definition) is 3. The Bertz CT molecular complexity index is 478. The van der Waals surface area contributed by atoms with E-state index in [0.29, 0.717) is 5.56 Å². The van der Waals surface area contributed by atoms with Gasteiger partial charge in [0.1, 0.15) is 0 Å². The Labute approximate surface area is 81.3 Å². The molecule has 0 saturated carbocycles. The van der Waals surface area contributed by atoms with Gasteiger partial charge < -0.3 is 5.73 Å². The van der Waals surface area contributed by atoms with Crippen LogP contribution in [0.15, 0.2) is 23.1 Å². The second kappa shape index (κ2) is 3.39. The quantitative estimate of drug-likeness (QED) is 0.695. The maximum Gasteiger partial charge on any atom is 0.294 e. The molecule has 14 heavy (non-hydrogen) atoms. The number of amides is 1. The maximum absolute atomic E-state index is 10.8. The summed E-state index contributed by atoms with van der Waals surface area (Å²) in [7, 11) is -4.29. The molecule has 6 heteroatoms. The van der Waals surface area contributed by atoms with Crippen LogP contribution in [0.25, 0.3) is 0 Å². The number of carbonyl (C=O) groups is 1. The average molecular weight is 215 g/mol. The third-order valence-corrected chi connectivity index (χ3v) is 2.46. The van der Waals surface area contributed by atoms with Gasteiger partial charge in [-0.05, 0) is 30.7 Å². The van der Waals surface area contributed by atoms with Crippen molar-refractivity contribution in [2.75, 3.05) is 0 Å². The first-order valence-corrected chi connectivity index (χ1v) is 5.13. The predicted molar refractivity (Wildman–Crippen MR) is 49.5 cm³/mol. The Morgan fingerprint density at radius 2 is 1.93 bits per heavy atom. The first-order valence-electron chi connectivity index (χ1n) is 3.69. The van der Waals surface area contributed by atoms with Crippen molar-refractivity contribution in [2.45, 2.75) is 11.8 Å². The smallest absolute Gasteiger partial charge is 0.294 e. The molecular formula is C8H9NO4S. The lowest BCUT2D eigenvalue weighted by atomic mass is 10.1. The summed E-state index contributed by atoms with van der Waals surface area (Å²) in [6.07, 6.45) is 0. The minimum absolute atomic E-state index is 0.0534. The van der Waals surface area contributed by atoms with Gasteiger partial charge in [-0.1, -0.05) is 0 Å². The van der Waals surface area contributed by atoms with Crippen molar-refractivity contribution in [2.24, 2.45) is 5.73 Å². The van der Waals surface area contributed by atoms with Crippen molar-refractivity contribution in [3.05, 3.63) is 29.3 Å². The summed E-state index contributed by atoms with van der Waals surface area (Å²) in [5.41, 5.74) is 5.57. The molecule has 1 aromatic carbocycles. The summed E-state index contributed by atoms with van der Waals surface area (Å²) in [5.74, 6) is -0.737. The molecule has 0 spiro atoms. The van der Waals surface area contributed by atoms with E-state index in [-0.39, 0.29) is 10.5 Å². The van der Waals surface area contributed by atoms with Crippen LogP contribution in [0.3, 0.4) is 0 Å². The number of benzene rings is 1. The van der Waals surface area contributed by atoms with Gasteiger partial charge in [-0.25, -0.2) is 0 Å². The fourth-order valence-corrected chi connectivity index (χ4v) is 1.65. The number of rotatable bonds is 2. The summed E-state index contributed by atoms with van der Waals surface area (Å²) in [6.45, 7) is 1.60. The number of primary amides is 1. The van der Waals surface area contributed by atoms with Crippen molar-refractivity contribution >= 4 is 16.0 Å². The van der Waals surface area contributed by atoms with Crippen molar-refractivity contribution in [3.8, 4) is 0 Å². The summed E-state index contributed by atoms with van der Waals surface area (Å²) in [5, 5.41) is 0. The minimum atomic E-state index is -4.29. The van der Waals surface area contributed by atoms with E-state index >= 15 is 0 Å². The van der Waals surface area contributed by atoms with Crippen molar-refractivity contribution < 1.29 is 17.8 Å². The van der Waals surface area contributed by atoms with Gasteiger partial charge >= 0.3 is 0 Å². The highest BCUT2D eigenvalue weighted by Gasteiger charge is 2.12. The van der Waals surface area contributed by atoms with Crippen LogP contribution in [0.1, 0.15) is 15.9 Å². The van der Waals surface area contributed by atoms with E-state index < -0.39 is 16.0 Å². The zero-order chi connectivity index (χ0) is 10.9. The summed E-state index contributed by atoms with van der Waals surface area (Å²) in [4.78, 5) is 10.5. The monoisotopic (exact) mass is 215 g/mol. The molecule has 5 nitrogen and oxygen atoms in total. The number of hydrogen-bond donors (Lipinski definition) is 2. The van der Waals surface area contributed by atoms with Gasteiger partial charge in [0.2, 0.25) is 5.91 Å². The van der Waals surface area contributed by atoms with Gasteiger partial charge in [0, 0.05) is 5.56 Å². The molecule has 76 valence electrons. The van der Waals surface area contributed by atoms with Crippen LogP contribution in [0, 0.1) is 6.92 Å². The standard InChI is InChI=1S/C8H9NO4S/c1-5-2-6(8(9)10)4-7(3-5)14(11,12)13/h2-4H,1H3,(H2,9,10)(H,11,12,13). The maximum atomic E-state index is 10.8.